The van der Waals surface area contributed by atoms with Crippen molar-refractivity contribution in [3.05, 3.63) is 0 Å². The Labute approximate surface area is 749 Å². The SMILES string of the molecule is CCCCCCCCCCCCCC(=O)OC(CCCCCCCCCCC)CC(=O)O[C@@H]1[C@@H](NC(=O)CC(CCCCCCCCCCC)OC(=O)CCCCCCCCCCC)[C@H](OCC2O[C@H](OCC(=O)O)[C@H](NC(=O)C[C@H](O)CCCCCCCCCCC)[C@@H](OC(=O)C[C@@H](O)CCCCCCCCCCCC)[C@@H]2O)O[C@H](CO)[C@H]1OP(=O)(O)O. The highest BCUT2D eigenvalue weighted by atomic mass is 31.2. The number of phosphoric ester groups is 1. The smallest absolute Gasteiger partial charge is 0.470 e. The summed E-state index contributed by atoms with van der Waals surface area (Å²) in [5.74, 6) is -6.23. The van der Waals surface area contributed by atoms with Crippen LogP contribution in [0.3, 0.4) is 0 Å². The third-order valence-corrected chi connectivity index (χ3v) is 24.8. The van der Waals surface area contributed by atoms with Crippen LogP contribution in [0, 0.1) is 0 Å². The molecule has 2 saturated heterocycles. The summed E-state index contributed by atoms with van der Waals surface area (Å²) in [6.45, 7) is 10.0. The lowest BCUT2D eigenvalue weighted by atomic mass is 9.95. The van der Waals surface area contributed by atoms with Crippen molar-refractivity contribution in [1.82, 2.24) is 10.6 Å². The van der Waals surface area contributed by atoms with Crippen molar-refractivity contribution in [1.29, 1.82) is 0 Å². The number of carbonyl (C=O) groups is 7. The van der Waals surface area contributed by atoms with Crippen molar-refractivity contribution in [2.45, 2.75) is 557 Å². The number of unbranched alkanes of at least 4 members (excludes halogenated alkanes) is 51. The molecule has 3 unspecified atom stereocenters. The predicted octanol–water partition coefficient (Wildman–Crippen LogP) is 21.0. The van der Waals surface area contributed by atoms with Crippen molar-refractivity contribution in [2.75, 3.05) is 19.8 Å². The lowest BCUT2D eigenvalue weighted by molar-refractivity contribution is -0.304. The van der Waals surface area contributed by atoms with Crippen LogP contribution in [0.15, 0.2) is 0 Å². The van der Waals surface area contributed by atoms with Gasteiger partial charge in [-0.25, -0.2) is 9.36 Å². The number of hydrogen-bond acceptors (Lipinski definition) is 21. The minimum absolute atomic E-state index is 0.0923. The van der Waals surface area contributed by atoms with Crippen LogP contribution in [0.5, 0.6) is 0 Å². The number of phosphoric acid groups is 1. The number of hydrogen-bond donors (Lipinski definition) is 9. The molecule has 0 aliphatic carbocycles. The first-order valence-electron chi connectivity index (χ1n) is 50.5. The second kappa shape index (κ2) is 77.8. The summed E-state index contributed by atoms with van der Waals surface area (Å²) in [5.41, 5.74) is 0. The standard InChI is InChI=1S/C97H181N2O24P/c1-7-13-19-25-31-37-39-45-51-57-63-69-87(108)118-80(67-61-55-49-42-35-29-23-17-11-5)73-89(110)122-95-91(99-84(104)72-79(66-60-54-48-41-34-28-22-16-10-4)117-86(107)68-62-56-50-43-36-30-24-18-12-6)97(119-81(74-100)93(95)123-124(112,113)114)115-75-82-92(111)94(121-88(109)71-78(102)65-59-53-47-44-38-32-26-20-14-8-2)90(96(120-82)116-76-85(105)106)98-83(103)70-77(101)64-58-52-46-40-33-27-21-15-9-3/h77-82,90-97,100-102,111H,7-76H2,1-6H3,(H,98,103)(H,99,104)(H,105,106)(H2,112,113,114)/t77-,78+,79?,80?,81-,82?,90-,91-,92-,93-,94-,95-,96+,97-/m1/s1. The quantitative estimate of drug-likeness (QED) is 0.0118. The Hall–Kier alpha value is -3.92. The van der Waals surface area contributed by atoms with E-state index < -0.39 is 181 Å². The third kappa shape index (κ3) is 61.6. The summed E-state index contributed by atoms with van der Waals surface area (Å²) in [5, 5.41) is 62.0. The van der Waals surface area contributed by atoms with E-state index in [9.17, 15) is 63.9 Å². The van der Waals surface area contributed by atoms with E-state index in [0.29, 0.717) is 38.5 Å². The van der Waals surface area contributed by atoms with Gasteiger partial charge in [-0.15, -0.1) is 0 Å². The predicted molar refractivity (Wildman–Crippen MR) is 486 cm³/mol. The first kappa shape index (κ1) is 116. The van der Waals surface area contributed by atoms with E-state index in [0.717, 1.165) is 238 Å². The number of carboxylic acid groups (broad SMARTS) is 1. The largest absolute Gasteiger partial charge is 0.480 e. The molecule has 2 amide bonds. The van der Waals surface area contributed by atoms with Gasteiger partial charge in [0.1, 0.15) is 55.3 Å². The summed E-state index contributed by atoms with van der Waals surface area (Å²) in [6.07, 6.45) is 37.7. The molecule has 728 valence electrons. The molecule has 2 aliphatic rings. The fourth-order valence-corrected chi connectivity index (χ4v) is 17.4. The summed E-state index contributed by atoms with van der Waals surface area (Å²) in [4.78, 5) is 120. The molecule has 14 atom stereocenters. The molecule has 0 spiro atoms. The molecule has 26 nitrogen and oxygen atoms in total. The average molecular weight is 1790 g/mol. The van der Waals surface area contributed by atoms with Crippen LogP contribution < -0.4 is 10.6 Å². The molecular weight excluding hydrogens is 1610 g/mol. The van der Waals surface area contributed by atoms with Crippen molar-refractivity contribution in [3.63, 3.8) is 0 Å². The second-order valence-corrected chi connectivity index (χ2v) is 37.2. The Morgan fingerprint density at radius 2 is 0.653 bits per heavy atom. The van der Waals surface area contributed by atoms with Gasteiger partial charge < -0.3 is 83.8 Å². The highest BCUT2D eigenvalue weighted by molar-refractivity contribution is 7.46. The Morgan fingerprint density at radius 1 is 0.355 bits per heavy atom. The molecule has 9 N–H and O–H groups in total. The minimum Gasteiger partial charge on any atom is -0.480 e. The first-order valence-corrected chi connectivity index (χ1v) is 52.1. The van der Waals surface area contributed by atoms with Crippen molar-refractivity contribution >= 4 is 49.5 Å². The van der Waals surface area contributed by atoms with Crippen molar-refractivity contribution < 1.29 is 116 Å². The molecule has 0 aromatic heterocycles. The number of aliphatic hydroxyl groups excluding tert-OH is 4. The zero-order chi connectivity index (χ0) is 90.9. The summed E-state index contributed by atoms with van der Waals surface area (Å²) in [6, 6.07) is -3.55. The molecule has 2 heterocycles. The molecule has 2 fully saturated rings. The topological polar surface area (TPSA) is 385 Å². The Balaban J connectivity index is 2.83. The summed E-state index contributed by atoms with van der Waals surface area (Å²) in [7, 11) is -5.66. The molecule has 0 radical (unpaired) electrons. The fourth-order valence-electron chi connectivity index (χ4n) is 16.8. The van der Waals surface area contributed by atoms with Crippen LogP contribution in [0.4, 0.5) is 0 Å². The van der Waals surface area contributed by atoms with Crippen LogP contribution >= 0.6 is 7.82 Å². The van der Waals surface area contributed by atoms with Gasteiger partial charge in [0.25, 0.3) is 0 Å². The molecular formula is C97H181N2O24P. The van der Waals surface area contributed by atoms with Crippen molar-refractivity contribution in [3.8, 4) is 0 Å². The lowest BCUT2D eigenvalue weighted by Gasteiger charge is -2.47. The average Bonchev–Trinajstić information content (AvgIpc) is 0.779. The van der Waals surface area contributed by atoms with E-state index in [1.807, 2.05) is 0 Å². The van der Waals surface area contributed by atoms with Gasteiger partial charge in [0.05, 0.1) is 51.1 Å². The van der Waals surface area contributed by atoms with E-state index in [-0.39, 0.29) is 38.5 Å². The van der Waals surface area contributed by atoms with Gasteiger partial charge in [0.15, 0.2) is 24.8 Å². The number of carbonyl (C=O) groups excluding carboxylic acids is 6. The molecule has 124 heavy (non-hydrogen) atoms. The van der Waals surface area contributed by atoms with Gasteiger partial charge in [-0.1, -0.05) is 382 Å². The van der Waals surface area contributed by atoms with Crippen LogP contribution in [-0.2, 0) is 80.5 Å². The number of amides is 2. The van der Waals surface area contributed by atoms with Gasteiger partial charge in [0, 0.05) is 12.8 Å². The fraction of sp³-hybridized carbons (Fsp3) is 0.928. The van der Waals surface area contributed by atoms with Crippen LogP contribution in [0.2, 0.25) is 0 Å². The third-order valence-electron chi connectivity index (χ3n) is 24.2. The maximum absolute atomic E-state index is 15.2. The molecule has 0 bridgehead atoms. The number of ether oxygens (including phenoxy) is 8. The van der Waals surface area contributed by atoms with E-state index in [1.54, 1.807) is 0 Å². The molecule has 0 aromatic rings. The lowest BCUT2D eigenvalue weighted by Crippen LogP contribution is -2.68. The Kier molecular flexibility index (Phi) is 72.9. The van der Waals surface area contributed by atoms with Gasteiger partial charge in [-0.05, 0) is 51.4 Å². The number of carboxylic acids is 1. The highest BCUT2D eigenvalue weighted by Crippen LogP contribution is 2.43. The van der Waals surface area contributed by atoms with E-state index >= 15 is 9.59 Å². The number of rotatable bonds is 86. The van der Waals surface area contributed by atoms with E-state index in [2.05, 4.69) is 52.2 Å². The number of aliphatic carboxylic acids is 1. The Morgan fingerprint density at radius 3 is 1.02 bits per heavy atom. The summed E-state index contributed by atoms with van der Waals surface area (Å²) < 4.78 is 68.3. The van der Waals surface area contributed by atoms with Gasteiger partial charge >= 0.3 is 37.7 Å². The number of esters is 4. The first-order chi connectivity index (χ1) is 60.0. The van der Waals surface area contributed by atoms with E-state index in [1.165, 1.54) is 89.9 Å². The van der Waals surface area contributed by atoms with Crippen LogP contribution in [-0.4, -0.2) is 183 Å². The Bertz CT molecular complexity index is 2680. The maximum atomic E-state index is 15.2. The van der Waals surface area contributed by atoms with Crippen LogP contribution in [0.25, 0.3) is 0 Å². The minimum atomic E-state index is -5.66. The highest BCUT2D eigenvalue weighted by Gasteiger charge is 2.54. The molecule has 0 aromatic carbocycles. The number of aliphatic hydroxyl groups is 4. The van der Waals surface area contributed by atoms with Gasteiger partial charge in [-0.2, -0.15) is 0 Å². The zero-order valence-corrected chi connectivity index (χ0v) is 79.5. The van der Waals surface area contributed by atoms with Crippen molar-refractivity contribution in [2.24, 2.45) is 0 Å². The van der Waals surface area contributed by atoms with Gasteiger partial charge in [0.2, 0.25) is 11.8 Å². The monoisotopic (exact) mass is 1790 g/mol. The second-order valence-electron chi connectivity index (χ2n) is 36.0. The van der Waals surface area contributed by atoms with Crippen LogP contribution in [0.1, 0.15) is 472 Å². The molecule has 2 aliphatic heterocycles. The zero-order valence-electron chi connectivity index (χ0n) is 78.6. The molecule has 0 saturated carbocycles. The normalized spacial score (nSPS) is 20.1. The molecule has 2 rings (SSSR count). The van der Waals surface area contributed by atoms with E-state index in [4.69, 9.17) is 42.4 Å². The number of nitrogens with one attached hydrogen (secondary N) is 2. The summed E-state index contributed by atoms with van der Waals surface area (Å²) >= 11 is 0. The van der Waals surface area contributed by atoms with Gasteiger partial charge in [-0.3, -0.25) is 33.3 Å². The maximum Gasteiger partial charge on any atom is 0.470 e. The molecule has 27 heteroatoms.